The first-order valence-corrected chi connectivity index (χ1v) is 11.4. The third-order valence-electron chi connectivity index (χ3n) is 4.53. The molecule has 0 N–H and O–H groups in total. The van der Waals surface area contributed by atoms with Crippen molar-refractivity contribution in [2.24, 2.45) is 0 Å². The van der Waals surface area contributed by atoms with Crippen LogP contribution in [0.3, 0.4) is 0 Å². The van der Waals surface area contributed by atoms with Crippen molar-refractivity contribution in [2.75, 3.05) is 7.11 Å². The zero-order valence-electron chi connectivity index (χ0n) is 16.7. The lowest BCUT2D eigenvalue weighted by atomic mass is 10.1. The van der Waals surface area contributed by atoms with Gasteiger partial charge in [0.2, 0.25) is 0 Å². The highest BCUT2D eigenvalue weighted by molar-refractivity contribution is 7.98. The Kier molecular flexibility index (Phi) is 6.61. The lowest BCUT2D eigenvalue weighted by Crippen LogP contribution is -2.04. The number of rotatable bonds is 9. The van der Waals surface area contributed by atoms with Crippen molar-refractivity contribution in [2.45, 2.75) is 23.9 Å². The number of ether oxygens (including phenoxy) is 1. The Balaban J connectivity index is 1.47. The predicted octanol–water partition coefficient (Wildman–Crippen LogP) is 5.48. The van der Waals surface area contributed by atoms with E-state index in [9.17, 15) is 0 Å². The van der Waals surface area contributed by atoms with Gasteiger partial charge in [-0.25, -0.2) is 4.98 Å². The lowest BCUT2D eigenvalue weighted by Gasteiger charge is -2.07. The lowest BCUT2D eigenvalue weighted by molar-refractivity contribution is 0.415. The summed E-state index contributed by atoms with van der Waals surface area (Å²) in [6.07, 6.45) is 2.63. The topological polar surface area (TPSA) is 52.8 Å². The molecule has 0 unspecified atom stereocenters. The van der Waals surface area contributed by atoms with Gasteiger partial charge in [-0.05, 0) is 17.7 Å². The third-order valence-corrected chi connectivity index (χ3v) is 6.47. The van der Waals surface area contributed by atoms with E-state index in [-0.39, 0.29) is 0 Å². The summed E-state index contributed by atoms with van der Waals surface area (Å²) in [5, 5.41) is 12.8. The molecule has 4 rings (SSSR count). The highest BCUT2D eigenvalue weighted by atomic mass is 32.2. The number of hydrogen-bond acceptors (Lipinski definition) is 6. The van der Waals surface area contributed by atoms with Crippen LogP contribution >= 0.6 is 23.1 Å². The standard InChI is InChI=1S/C23H22N4OS2/c1-3-12-27-21(13-17-8-5-4-6-9-17)25-26-23(27)30-16-19-15-29-22(24-19)18-10-7-11-20(14-18)28-2/h3-11,14-15H,1,12-13,16H2,2H3. The van der Waals surface area contributed by atoms with Crippen molar-refractivity contribution in [3.8, 4) is 16.3 Å². The van der Waals surface area contributed by atoms with Gasteiger partial charge >= 0.3 is 0 Å². The Morgan fingerprint density at radius 3 is 2.80 bits per heavy atom. The Morgan fingerprint density at radius 2 is 2.00 bits per heavy atom. The number of allylic oxidation sites excluding steroid dienone is 1. The normalized spacial score (nSPS) is 10.8. The van der Waals surface area contributed by atoms with Crippen molar-refractivity contribution in [1.82, 2.24) is 19.7 Å². The van der Waals surface area contributed by atoms with Gasteiger partial charge in [0.05, 0.1) is 12.8 Å². The molecule has 0 bridgehead atoms. The van der Waals surface area contributed by atoms with Gasteiger partial charge in [0.1, 0.15) is 16.6 Å². The maximum Gasteiger partial charge on any atom is 0.191 e. The quantitative estimate of drug-likeness (QED) is 0.258. The predicted molar refractivity (Wildman–Crippen MR) is 123 cm³/mol. The molecular formula is C23H22N4OS2. The molecule has 30 heavy (non-hydrogen) atoms. The summed E-state index contributed by atoms with van der Waals surface area (Å²) in [7, 11) is 1.68. The zero-order valence-corrected chi connectivity index (χ0v) is 18.3. The molecule has 4 aromatic rings. The molecule has 0 saturated carbocycles. The molecular weight excluding hydrogens is 412 g/mol. The summed E-state index contributed by atoms with van der Waals surface area (Å²) in [6, 6.07) is 18.3. The maximum absolute atomic E-state index is 5.32. The van der Waals surface area contributed by atoms with E-state index in [1.54, 1.807) is 30.2 Å². The Labute approximate surface area is 184 Å². The van der Waals surface area contributed by atoms with E-state index in [1.807, 2.05) is 42.5 Å². The summed E-state index contributed by atoms with van der Waals surface area (Å²) in [5.74, 6) is 2.52. The number of aromatic nitrogens is 4. The first-order valence-electron chi connectivity index (χ1n) is 9.55. The highest BCUT2D eigenvalue weighted by Gasteiger charge is 2.14. The monoisotopic (exact) mass is 434 g/mol. The number of nitrogens with zero attached hydrogens (tertiary/aromatic N) is 4. The fourth-order valence-corrected chi connectivity index (χ4v) is 4.83. The largest absolute Gasteiger partial charge is 0.497 e. The third kappa shape index (κ3) is 4.80. The van der Waals surface area contributed by atoms with Crippen LogP contribution in [0.5, 0.6) is 5.75 Å². The molecule has 0 spiro atoms. The molecule has 2 heterocycles. The van der Waals surface area contributed by atoms with Crippen LogP contribution < -0.4 is 4.74 Å². The number of methoxy groups -OCH3 is 1. The number of hydrogen-bond donors (Lipinski definition) is 0. The van der Waals surface area contributed by atoms with E-state index in [0.717, 1.165) is 45.2 Å². The molecule has 0 saturated heterocycles. The second-order valence-electron chi connectivity index (χ2n) is 6.63. The van der Waals surface area contributed by atoms with Gasteiger partial charge in [0.25, 0.3) is 0 Å². The van der Waals surface area contributed by atoms with E-state index in [4.69, 9.17) is 9.72 Å². The van der Waals surface area contributed by atoms with Gasteiger partial charge < -0.3 is 9.30 Å². The Bertz CT molecular complexity index is 1120. The van der Waals surface area contributed by atoms with Crippen LogP contribution in [-0.2, 0) is 18.7 Å². The minimum Gasteiger partial charge on any atom is -0.497 e. The van der Waals surface area contributed by atoms with E-state index in [2.05, 4.69) is 44.9 Å². The van der Waals surface area contributed by atoms with E-state index < -0.39 is 0 Å². The van der Waals surface area contributed by atoms with Crippen LogP contribution in [0.25, 0.3) is 10.6 Å². The molecule has 2 aromatic carbocycles. The van der Waals surface area contributed by atoms with Gasteiger partial charge in [0.15, 0.2) is 5.16 Å². The summed E-state index contributed by atoms with van der Waals surface area (Å²) >= 11 is 3.29. The van der Waals surface area contributed by atoms with Crippen molar-refractivity contribution in [1.29, 1.82) is 0 Å². The second kappa shape index (κ2) is 9.73. The SMILES string of the molecule is C=CCn1c(Cc2ccccc2)nnc1SCc1csc(-c2cccc(OC)c2)n1. The minimum absolute atomic E-state index is 0.684. The zero-order chi connectivity index (χ0) is 20.8. The van der Waals surface area contributed by atoms with Crippen molar-refractivity contribution in [3.05, 3.63) is 89.7 Å². The Morgan fingerprint density at radius 1 is 1.13 bits per heavy atom. The number of thiazole rings is 1. The molecule has 0 fully saturated rings. The van der Waals surface area contributed by atoms with Crippen molar-refractivity contribution >= 4 is 23.1 Å². The van der Waals surface area contributed by atoms with Gasteiger partial charge in [-0.1, -0.05) is 60.3 Å². The van der Waals surface area contributed by atoms with Crippen LogP contribution in [0.4, 0.5) is 0 Å². The first-order chi connectivity index (χ1) is 14.8. The summed E-state index contributed by atoms with van der Waals surface area (Å²) in [6.45, 7) is 4.57. The summed E-state index contributed by atoms with van der Waals surface area (Å²) in [4.78, 5) is 4.79. The molecule has 0 amide bonds. The van der Waals surface area contributed by atoms with Crippen molar-refractivity contribution < 1.29 is 4.74 Å². The second-order valence-corrected chi connectivity index (χ2v) is 8.43. The molecule has 0 aliphatic rings. The van der Waals surface area contributed by atoms with Crippen LogP contribution in [0, 0.1) is 0 Å². The van der Waals surface area contributed by atoms with Gasteiger partial charge in [-0.15, -0.1) is 28.1 Å². The number of benzene rings is 2. The summed E-state index contributed by atoms with van der Waals surface area (Å²) in [5.41, 5.74) is 3.31. The van der Waals surface area contributed by atoms with Gasteiger partial charge in [0, 0.05) is 29.7 Å². The first kappa shape index (κ1) is 20.4. The molecule has 0 aliphatic heterocycles. The van der Waals surface area contributed by atoms with Gasteiger partial charge in [-0.2, -0.15) is 0 Å². The molecule has 2 aromatic heterocycles. The van der Waals surface area contributed by atoms with Crippen LogP contribution in [-0.4, -0.2) is 26.9 Å². The summed E-state index contributed by atoms with van der Waals surface area (Å²) < 4.78 is 7.44. The minimum atomic E-state index is 0.684. The van der Waals surface area contributed by atoms with E-state index in [1.165, 1.54) is 5.56 Å². The smallest absolute Gasteiger partial charge is 0.191 e. The fraction of sp³-hybridized carbons (Fsp3) is 0.174. The van der Waals surface area contributed by atoms with Crippen LogP contribution in [0.2, 0.25) is 0 Å². The number of thioether (sulfide) groups is 1. The van der Waals surface area contributed by atoms with Crippen molar-refractivity contribution in [3.63, 3.8) is 0 Å². The molecule has 0 aliphatic carbocycles. The molecule has 152 valence electrons. The highest BCUT2D eigenvalue weighted by Crippen LogP contribution is 2.29. The molecule has 0 radical (unpaired) electrons. The van der Waals surface area contributed by atoms with Gasteiger partial charge in [-0.3, -0.25) is 0 Å². The maximum atomic E-state index is 5.32. The molecule has 5 nitrogen and oxygen atoms in total. The fourth-order valence-electron chi connectivity index (χ4n) is 3.05. The Hall–Kier alpha value is -2.90. The average molecular weight is 435 g/mol. The van der Waals surface area contributed by atoms with Crippen LogP contribution in [0.15, 0.2) is 77.8 Å². The molecule has 7 heteroatoms. The molecule has 0 atom stereocenters. The van der Waals surface area contributed by atoms with Crippen LogP contribution in [0.1, 0.15) is 17.1 Å². The van der Waals surface area contributed by atoms with E-state index in [0.29, 0.717) is 6.54 Å². The average Bonchev–Trinajstić information content (AvgIpc) is 3.41. The van der Waals surface area contributed by atoms with E-state index >= 15 is 0 Å².